The van der Waals surface area contributed by atoms with Gasteiger partial charge in [0.15, 0.2) is 6.39 Å². The summed E-state index contributed by atoms with van der Waals surface area (Å²) in [6, 6.07) is 0. The number of nitrogens with zero attached hydrogens (tertiary/aromatic N) is 3. The van der Waals surface area contributed by atoms with Crippen molar-refractivity contribution in [3.8, 4) is 0 Å². The molecule has 4 nitrogen and oxygen atoms in total. The first-order valence-electron chi connectivity index (χ1n) is 4.68. The number of hydrogen-bond donors (Lipinski definition) is 0. The van der Waals surface area contributed by atoms with Crippen LogP contribution in [0.4, 0.5) is 0 Å². The van der Waals surface area contributed by atoms with Crippen molar-refractivity contribution < 1.29 is 4.42 Å². The molecule has 0 N–H and O–H groups in total. The molecule has 1 aromatic rings. The van der Waals surface area contributed by atoms with E-state index in [0.717, 1.165) is 44.8 Å². The molecule has 1 fully saturated rings. The molecule has 0 unspecified atom stereocenters. The van der Waals surface area contributed by atoms with Crippen LogP contribution in [0.1, 0.15) is 12.1 Å². The predicted octanol–water partition coefficient (Wildman–Crippen LogP) is 0.485. The van der Waals surface area contributed by atoms with E-state index in [9.17, 15) is 0 Å². The average Bonchev–Trinajstić information content (AvgIpc) is 2.49. The second-order valence-corrected chi connectivity index (χ2v) is 3.28. The quantitative estimate of drug-likeness (QED) is 0.665. The molecule has 1 aliphatic heterocycles. The Labute approximate surface area is 77.9 Å². The summed E-state index contributed by atoms with van der Waals surface area (Å²) < 4.78 is 4.93. The van der Waals surface area contributed by atoms with Crippen LogP contribution in [0.5, 0.6) is 0 Å². The van der Waals surface area contributed by atoms with Crippen LogP contribution in [0.15, 0.2) is 17.1 Å². The molecule has 0 saturated carbocycles. The molecule has 13 heavy (non-hydrogen) atoms. The Morgan fingerprint density at radius 1 is 1.38 bits per heavy atom. The maximum absolute atomic E-state index is 4.93. The van der Waals surface area contributed by atoms with Crippen LogP contribution in [0.3, 0.4) is 0 Å². The van der Waals surface area contributed by atoms with Gasteiger partial charge in [0.05, 0.1) is 5.69 Å². The summed E-state index contributed by atoms with van der Waals surface area (Å²) in [4.78, 5) is 6.47. The number of oxazole rings is 1. The van der Waals surface area contributed by atoms with Crippen LogP contribution in [-0.4, -0.2) is 36.1 Å². The fraction of sp³-hybridized carbons (Fsp3) is 0.667. The molecule has 0 aromatic carbocycles. The largest absolute Gasteiger partial charge is 0.451 e. The van der Waals surface area contributed by atoms with Gasteiger partial charge in [-0.25, -0.2) is 10.3 Å². The van der Waals surface area contributed by atoms with Crippen molar-refractivity contribution in [2.45, 2.75) is 13.0 Å². The Hall–Kier alpha value is -0.870. The first-order valence-corrected chi connectivity index (χ1v) is 4.68. The van der Waals surface area contributed by atoms with Crippen LogP contribution < -0.4 is 5.32 Å². The van der Waals surface area contributed by atoms with Crippen LogP contribution in [-0.2, 0) is 6.54 Å². The van der Waals surface area contributed by atoms with Crippen molar-refractivity contribution in [1.82, 2.24) is 15.2 Å². The van der Waals surface area contributed by atoms with Gasteiger partial charge in [-0.05, 0) is 13.0 Å². The minimum absolute atomic E-state index is 0.895. The van der Waals surface area contributed by atoms with Gasteiger partial charge in [-0.3, -0.25) is 4.90 Å². The molecule has 1 aromatic heterocycles. The van der Waals surface area contributed by atoms with Gasteiger partial charge in [-0.1, -0.05) is 0 Å². The third-order valence-corrected chi connectivity index (χ3v) is 2.23. The van der Waals surface area contributed by atoms with Crippen LogP contribution >= 0.6 is 0 Å². The molecular formula is C9H14N3O. The number of rotatable bonds is 2. The van der Waals surface area contributed by atoms with Crippen molar-refractivity contribution >= 4 is 0 Å². The van der Waals surface area contributed by atoms with Gasteiger partial charge in [0.1, 0.15) is 6.26 Å². The molecule has 0 spiro atoms. The molecule has 1 aliphatic rings. The lowest BCUT2D eigenvalue weighted by Gasteiger charge is -2.16. The zero-order valence-electron chi connectivity index (χ0n) is 7.65. The minimum Gasteiger partial charge on any atom is -0.451 e. The summed E-state index contributed by atoms with van der Waals surface area (Å²) in [5.41, 5.74) is 1.02. The third kappa shape index (κ3) is 2.54. The van der Waals surface area contributed by atoms with Crippen molar-refractivity contribution in [2.75, 3.05) is 26.2 Å². The van der Waals surface area contributed by atoms with Gasteiger partial charge in [0.25, 0.3) is 0 Å². The van der Waals surface area contributed by atoms with Crippen molar-refractivity contribution in [2.24, 2.45) is 0 Å². The summed E-state index contributed by atoms with van der Waals surface area (Å²) in [5, 5.41) is 4.36. The van der Waals surface area contributed by atoms with Gasteiger partial charge in [0.2, 0.25) is 0 Å². The van der Waals surface area contributed by atoms with E-state index in [-0.39, 0.29) is 0 Å². The first-order chi connectivity index (χ1) is 6.45. The SMILES string of the molecule is c1nc(CN2CCC[N]CC2)co1. The van der Waals surface area contributed by atoms with E-state index < -0.39 is 0 Å². The highest BCUT2D eigenvalue weighted by atomic mass is 16.3. The number of hydrogen-bond acceptors (Lipinski definition) is 3. The smallest absolute Gasteiger partial charge is 0.180 e. The van der Waals surface area contributed by atoms with E-state index in [1.54, 1.807) is 6.26 Å². The average molecular weight is 180 g/mol. The van der Waals surface area contributed by atoms with E-state index in [2.05, 4.69) is 15.2 Å². The molecule has 2 heterocycles. The highest BCUT2D eigenvalue weighted by Crippen LogP contribution is 2.03. The summed E-state index contributed by atoms with van der Waals surface area (Å²) in [7, 11) is 0. The van der Waals surface area contributed by atoms with Gasteiger partial charge in [-0.2, -0.15) is 0 Å². The normalized spacial score (nSPS) is 20.0. The molecular weight excluding hydrogens is 166 g/mol. The lowest BCUT2D eigenvalue weighted by molar-refractivity contribution is 0.280. The molecule has 0 bridgehead atoms. The lowest BCUT2D eigenvalue weighted by atomic mass is 10.3. The summed E-state index contributed by atoms with van der Waals surface area (Å²) in [6.45, 7) is 5.03. The van der Waals surface area contributed by atoms with E-state index in [1.807, 2.05) is 0 Å². The van der Waals surface area contributed by atoms with Gasteiger partial charge in [-0.15, -0.1) is 0 Å². The Morgan fingerprint density at radius 2 is 2.38 bits per heavy atom. The summed E-state index contributed by atoms with van der Waals surface area (Å²) >= 11 is 0. The summed E-state index contributed by atoms with van der Waals surface area (Å²) in [6.07, 6.45) is 4.36. The third-order valence-electron chi connectivity index (χ3n) is 2.23. The Morgan fingerprint density at radius 3 is 3.23 bits per heavy atom. The second-order valence-electron chi connectivity index (χ2n) is 3.28. The van der Waals surface area contributed by atoms with E-state index in [1.165, 1.54) is 6.39 Å². The first kappa shape index (κ1) is 8.72. The lowest BCUT2D eigenvalue weighted by Crippen LogP contribution is -2.26. The summed E-state index contributed by atoms with van der Waals surface area (Å²) in [5.74, 6) is 0. The molecule has 4 heteroatoms. The Kier molecular flexibility index (Phi) is 2.94. The molecule has 71 valence electrons. The molecule has 0 amide bonds. The zero-order chi connectivity index (χ0) is 8.93. The Balaban J connectivity index is 1.86. The standard InChI is InChI=1S/C9H14N3O/c1-2-10-3-5-12(4-1)6-9-7-13-8-11-9/h7-8H,1-6H2. The van der Waals surface area contributed by atoms with E-state index in [4.69, 9.17) is 4.42 Å². The fourth-order valence-corrected chi connectivity index (χ4v) is 1.54. The molecule has 1 saturated heterocycles. The van der Waals surface area contributed by atoms with E-state index >= 15 is 0 Å². The highest BCUT2D eigenvalue weighted by molar-refractivity contribution is 4.90. The van der Waals surface area contributed by atoms with Crippen LogP contribution in [0.25, 0.3) is 0 Å². The highest BCUT2D eigenvalue weighted by Gasteiger charge is 2.10. The van der Waals surface area contributed by atoms with E-state index in [0.29, 0.717) is 0 Å². The zero-order valence-corrected chi connectivity index (χ0v) is 7.65. The molecule has 0 atom stereocenters. The predicted molar refractivity (Wildman–Crippen MR) is 48.3 cm³/mol. The van der Waals surface area contributed by atoms with Crippen molar-refractivity contribution in [1.29, 1.82) is 0 Å². The van der Waals surface area contributed by atoms with Gasteiger partial charge < -0.3 is 4.42 Å². The second kappa shape index (κ2) is 4.39. The fourth-order valence-electron chi connectivity index (χ4n) is 1.54. The topological polar surface area (TPSA) is 43.4 Å². The minimum atomic E-state index is 0.895. The van der Waals surface area contributed by atoms with Gasteiger partial charge in [0, 0.05) is 26.2 Å². The maximum Gasteiger partial charge on any atom is 0.180 e. The van der Waals surface area contributed by atoms with Crippen LogP contribution in [0, 0.1) is 0 Å². The molecule has 0 aliphatic carbocycles. The Bertz CT molecular complexity index is 227. The number of aromatic nitrogens is 1. The van der Waals surface area contributed by atoms with Crippen LogP contribution in [0.2, 0.25) is 0 Å². The molecule has 2 rings (SSSR count). The molecule has 1 radical (unpaired) electrons. The van der Waals surface area contributed by atoms with Crippen molar-refractivity contribution in [3.05, 3.63) is 18.4 Å². The van der Waals surface area contributed by atoms with Crippen molar-refractivity contribution in [3.63, 3.8) is 0 Å². The maximum atomic E-state index is 4.93. The monoisotopic (exact) mass is 180 g/mol. The van der Waals surface area contributed by atoms with Gasteiger partial charge >= 0.3 is 0 Å².